The first-order valence-corrected chi connectivity index (χ1v) is 8.13. The molecule has 0 amide bonds. The molecule has 0 saturated carbocycles. The summed E-state index contributed by atoms with van der Waals surface area (Å²) in [6, 6.07) is 0.627. The maximum Gasteiger partial charge on any atom is 0.0707 e. The second kappa shape index (κ2) is 8.93. The number of nitrogens with zero attached hydrogens (tertiary/aromatic N) is 1. The van der Waals surface area contributed by atoms with Crippen molar-refractivity contribution in [2.45, 2.75) is 72.1 Å². The molecular weight excluding hydrogens is 236 g/mol. The molecule has 0 spiro atoms. The van der Waals surface area contributed by atoms with Gasteiger partial charge in [0.2, 0.25) is 0 Å². The molecule has 19 heavy (non-hydrogen) atoms. The monoisotopic (exact) mass is 270 g/mol. The van der Waals surface area contributed by atoms with E-state index in [0.29, 0.717) is 18.2 Å². The van der Waals surface area contributed by atoms with Gasteiger partial charge in [0.25, 0.3) is 0 Å². The van der Waals surface area contributed by atoms with Crippen LogP contribution in [0.5, 0.6) is 0 Å². The molecule has 3 heteroatoms. The summed E-state index contributed by atoms with van der Waals surface area (Å²) in [5, 5.41) is 3.51. The van der Waals surface area contributed by atoms with Crippen LogP contribution in [0.15, 0.2) is 0 Å². The van der Waals surface area contributed by atoms with Crippen molar-refractivity contribution < 1.29 is 4.74 Å². The summed E-state index contributed by atoms with van der Waals surface area (Å²) in [7, 11) is 0. The summed E-state index contributed by atoms with van der Waals surface area (Å²) in [6.07, 6.45) is 4.54. The molecule has 0 aromatic carbocycles. The van der Waals surface area contributed by atoms with Crippen LogP contribution in [0, 0.1) is 5.92 Å². The number of nitrogens with one attached hydrogen (secondary N) is 1. The minimum Gasteiger partial charge on any atom is -0.372 e. The van der Waals surface area contributed by atoms with Gasteiger partial charge in [-0.2, -0.15) is 0 Å². The average molecular weight is 270 g/mol. The Hall–Kier alpha value is -0.120. The van der Waals surface area contributed by atoms with E-state index in [9.17, 15) is 0 Å². The second-order valence-electron chi connectivity index (χ2n) is 6.60. The van der Waals surface area contributed by atoms with Gasteiger partial charge < -0.3 is 10.1 Å². The minimum atomic E-state index is 0.430. The van der Waals surface area contributed by atoms with E-state index in [1.807, 2.05) is 0 Å². The van der Waals surface area contributed by atoms with Crippen LogP contribution in [0.3, 0.4) is 0 Å². The molecule has 1 rings (SSSR count). The predicted molar refractivity (Wildman–Crippen MR) is 82.6 cm³/mol. The zero-order valence-corrected chi connectivity index (χ0v) is 13.6. The van der Waals surface area contributed by atoms with Crippen molar-refractivity contribution in [1.29, 1.82) is 0 Å². The Morgan fingerprint density at radius 1 is 1.16 bits per heavy atom. The van der Waals surface area contributed by atoms with Crippen molar-refractivity contribution in [1.82, 2.24) is 10.2 Å². The van der Waals surface area contributed by atoms with Crippen molar-refractivity contribution in [2.75, 3.05) is 26.2 Å². The van der Waals surface area contributed by atoms with E-state index in [-0.39, 0.29) is 0 Å². The third-order valence-electron chi connectivity index (χ3n) is 3.80. The van der Waals surface area contributed by atoms with Crippen molar-refractivity contribution in [3.8, 4) is 0 Å². The highest BCUT2D eigenvalue weighted by Gasteiger charge is 2.27. The predicted octanol–water partition coefficient (Wildman–Crippen LogP) is 2.90. The van der Waals surface area contributed by atoms with Crippen LogP contribution >= 0.6 is 0 Å². The van der Waals surface area contributed by atoms with Crippen LogP contribution < -0.4 is 5.32 Å². The molecule has 114 valence electrons. The third kappa shape index (κ3) is 6.73. The largest absolute Gasteiger partial charge is 0.372 e. The molecule has 3 nitrogen and oxygen atoms in total. The normalized spacial score (nSPS) is 24.0. The fraction of sp³-hybridized carbons (Fsp3) is 1.00. The SMILES string of the molecule is CCCN(CC1CCC(CNCC(C)C)O1)C(C)C. The number of hydrogen-bond acceptors (Lipinski definition) is 3. The number of hydrogen-bond donors (Lipinski definition) is 1. The highest BCUT2D eigenvalue weighted by molar-refractivity contribution is 4.79. The Labute approximate surface area is 120 Å². The van der Waals surface area contributed by atoms with Gasteiger partial charge in [0.1, 0.15) is 0 Å². The van der Waals surface area contributed by atoms with Gasteiger partial charge in [0, 0.05) is 19.1 Å². The molecule has 0 radical (unpaired) electrons. The molecular formula is C16H34N2O. The van der Waals surface area contributed by atoms with Gasteiger partial charge in [-0.1, -0.05) is 20.8 Å². The van der Waals surface area contributed by atoms with Gasteiger partial charge in [-0.15, -0.1) is 0 Å². The smallest absolute Gasteiger partial charge is 0.0707 e. The molecule has 1 N–H and O–H groups in total. The van der Waals surface area contributed by atoms with E-state index in [0.717, 1.165) is 25.6 Å². The molecule has 1 aliphatic rings. The van der Waals surface area contributed by atoms with Crippen LogP contribution in [0.25, 0.3) is 0 Å². The zero-order chi connectivity index (χ0) is 14.3. The van der Waals surface area contributed by atoms with Gasteiger partial charge >= 0.3 is 0 Å². The Bertz CT molecular complexity index is 231. The average Bonchev–Trinajstić information content (AvgIpc) is 2.75. The minimum absolute atomic E-state index is 0.430. The second-order valence-corrected chi connectivity index (χ2v) is 6.60. The fourth-order valence-corrected chi connectivity index (χ4v) is 2.71. The maximum atomic E-state index is 6.17. The molecule has 0 aliphatic carbocycles. The lowest BCUT2D eigenvalue weighted by atomic mass is 10.1. The van der Waals surface area contributed by atoms with E-state index in [1.54, 1.807) is 0 Å². The quantitative estimate of drug-likeness (QED) is 0.697. The molecule has 0 aromatic rings. The van der Waals surface area contributed by atoms with Crippen LogP contribution in [-0.4, -0.2) is 49.3 Å². The zero-order valence-electron chi connectivity index (χ0n) is 13.6. The first-order chi connectivity index (χ1) is 9.02. The molecule has 0 aromatic heterocycles. The van der Waals surface area contributed by atoms with Crippen LogP contribution in [0.4, 0.5) is 0 Å². The fourth-order valence-electron chi connectivity index (χ4n) is 2.71. The summed E-state index contributed by atoms with van der Waals surface area (Å²) < 4.78 is 6.17. The first-order valence-electron chi connectivity index (χ1n) is 8.13. The molecule has 1 saturated heterocycles. The lowest BCUT2D eigenvalue weighted by Gasteiger charge is -2.28. The van der Waals surface area contributed by atoms with Crippen LogP contribution in [0.1, 0.15) is 53.9 Å². The summed E-state index contributed by atoms with van der Waals surface area (Å²) in [5.41, 5.74) is 0. The molecule has 1 aliphatic heterocycles. The van der Waals surface area contributed by atoms with Gasteiger partial charge in [-0.25, -0.2) is 0 Å². The van der Waals surface area contributed by atoms with E-state index in [1.165, 1.54) is 25.8 Å². The molecule has 1 heterocycles. The van der Waals surface area contributed by atoms with E-state index in [4.69, 9.17) is 4.74 Å². The van der Waals surface area contributed by atoms with E-state index < -0.39 is 0 Å². The number of rotatable bonds is 9. The highest BCUT2D eigenvalue weighted by Crippen LogP contribution is 2.21. The van der Waals surface area contributed by atoms with Crippen molar-refractivity contribution in [3.63, 3.8) is 0 Å². The van der Waals surface area contributed by atoms with Gasteiger partial charge in [0.15, 0.2) is 0 Å². The first kappa shape index (κ1) is 16.9. The van der Waals surface area contributed by atoms with E-state index >= 15 is 0 Å². The molecule has 1 fully saturated rings. The van der Waals surface area contributed by atoms with Gasteiger partial charge in [-0.05, 0) is 52.1 Å². The summed E-state index contributed by atoms with van der Waals surface area (Å²) in [6.45, 7) is 15.7. The lowest BCUT2D eigenvalue weighted by Crippen LogP contribution is -2.38. The van der Waals surface area contributed by atoms with Gasteiger partial charge in [0.05, 0.1) is 12.2 Å². The highest BCUT2D eigenvalue weighted by atomic mass is 16.5. The Kier molecular flexibility index (Phi) is 7.96. The lowest BCUT2D eigenvalue weighted by molar-refractivity contribution is 0.0171. The van der Waals surface area contributed by atoms with E-state index in [2.05, 4.69) is 44.8 Å². The van der Waals surface area contributed by atoms with Crippen molar-refractivity contribution in [3.05, 3.63) is 0 Å². The Morgan fingerprint density at radius 2 is 1.84 bits per heavy atom. The number of ether oxygens (including phenoxy) is 1. The topological polar surface area (TPSA) is 24.5 Å². The standard InChI is InChI=1S/C16H34N2O/c1-6-9-18(14(4)5)12-16-8-7-15(19-16)11-17-10-13(2)3/h13-17H,6-12H2,1-5H3. The van der Waals surface area contributed by atoms with Crippen LogP contribution in [-0.2, 0) is 4.74 Å². The van der Waals surface area contributed by atoms with Gasteiger partial charge in [-0.3, -0.25) is 4.90 Å². The maximum absolute atomic E-state index is 6.17. The molecule has 2 unspecified atom stereocenters. The van der Waals surface area contributed by atoms with Crippen molar-refractivity contribution >= 4 is 0 Å². The van der Waals surface area contributed by atoms with Crippen molar-refractivity contribution in [2.24, 2.45) is 5.92 Å². The molecule has 0 bridgehead atoms. The summed E-state index contributed by atoms with van der Waals surface area (Å²) in [4.78, 5) is 2.55. The Balaban J connectivity index is 2.23. The third-order valence-corrected chi connectivity index (χ3v) is 3.80. The summed E-state index contributed by atoms with van der Waals surface area (Å²) >= 11 is 0. The molecule has 2 atom stereocenters. The Morgan fingerprint density at radius 3 is 2.42 bits per heavy atom. The summed E-state index contributed by atoms with van der Waals surface area (Å²) in [5.74, 6) is 0.721. The van der Waals surface area contributed by atoms with Crippen LogP contribution in [0.2, 0.25) is 0 Å².